The highest BCUT2D eigenvalue weighted by Crippen LogP contribution is 2.39. The molecule has 0 heterocycles. The molecule has 0 fully saturated rings. The quantitative estimate of drug-likeness (QED) is 0.348. The normalized spacial score (nSPS) is 13.1. The number of rotatable bonds is 8. The number of hydrogen-bond acceptors (Lipinski definition) is 4. The molecule has 0 bridgehead atoms. The number of ether oxygens (including phenoxy) is 1. The first-order chi connectivity index (χ1) is 17.4. The predicted molar refractivity (Wildman–Crippen MR) is 152 cm³/mol. The summed E-state index contributed by atoms with van der Waals surface area (Å²) in [7, 11) is 2.18. The number of carbonyl (C=O) groups excluding carboxylic acids is 1. The van der Waals surface area contributed by atoms with Gasteiger partial charge in [-0.05, 0) is 78.5 Å². The Morgan fingerprint density at radius 3 is 2.08 bits per heavy atom. The molecular formula is C29H38N4O3S. The van der Waals surface area contributed by atoms with E-state index in [2.05, 4.69) is 49.5 Å². The first kappa shape index (κ1) is 28.4. The van der Waals surface area contributed by atoms with Gasteiger partial charge in [0.15, 0.2) is 0 Å². The van der Waals surface area contributed by atoms with Gasteiger partial charge >= 0.3 is 6.03 Å². The van der Waals surface area contributed by atoms with Crippen molar-refractivity contribution >= 4 is 21.6 Å². The Labute approximate surface area is 221 Å². The van der Waals surface area contributed by atoms with Crippen LogP contribution in [0.3, 0.4) is 0 Å². The minimum atomic E-state index is -3.42. The van der Waals surface area contributed by atoms with Crippen molar-refractivity contribution in [1.82, 2.24) is 4.90 Å². The fourth-order valence-electron chi connectivity index (χ4n) is 4.24. The lowest BCUT2D eigenvalue weighted by molar-refractivity contribution is 0.260. The molecule has 1 atom stereocenters. The molecule has 8 heteroatoms. The van der Waals surface area contributed by atoms with E-state index in [4.69, 9.17) is 9.88 Å². The number of benzene rings is 3. The van der Waals surface area contributed by atoms with Crippen molar-refractivity contribution in [3.63, 3.8) is 0 Å². The van der Waals surface area contributed by atoms with Gasteiger partial charge in [0.05, 0.1) is 12.0 Å². The van der Waals surface area contributed by atoms with Crippen molar-refractivity contribution in [2.45, 2.75) is 51.0 Å². The van der Waals surface area contributed by atoms with Crippen molar-refractivity contribution < 1.29 is 13.7 Å². The molecule has 0 aromatic heterocycles. The van der Waals surface area contributed by atoms with Crippen LogP contribution in [0.5, 0.6) is 5.75 Å². The number of methoxy groups -OCH3 is 1. The van der Waals surface area contributed by atoms with E-state index in [0.717, 1.165) is 40.1 Å². The first-order valence-electron chi connectivity index (χ1n) is 12.3. The van der Waals surface area contributed by atoms with Crippen LogP contribution in [0.4, 0.5) is 10.5 Å². The van der Waals surface area contributed by atoms with E-state index in [-0.39, 0.29) is 11.8 Å². The summed E-state index contributed by atoms with van der Waals surface area (Å²) in [5, 5.41) is 8.96. The van der Waals surface area contributed by atoms with Gasteiger partial charge in [-0.25, -0.2) is 14.1 Å². The van der Waals surface area contributed by atoms with Gasteiger partial charge in [-0.2, -0.15) is 0 Å². The number of nitrogens with one attached hydrogen (secondary N) is 1. The number of para-hydroxylation sites is 1. The summed E-state index contributed by atoms with van der Waals surface area (Å²) in [5.41, 5.74) is 5.60. The minimum Gasteiger partial charge on any atom is -0.496 e. The maximum Gasteiger partial charge on any atom is 0.354 e. The third-order valence-corrected chi connectivity index (χ3v) is 7.46. The van der Waals surface area contributed by atoms with Gasteiger partial charge in [-0.3, -0.25) is 0 Å². The van der Waals surface area contributed by atoms with Gasteiger partial charge in [0.25, 0.3) is 0 Å². The Morgan fingerprint density at radius 1 is 1.00 bits per heavy atom. The molecule has 3 rings (SSSR count). The lowest BCUT2D eigenvalue weighted by Crippen LogP contribution is -2.19. The number of anilines is 1. The number of nitrogens with zero attached hydrogens (tertiary/aromatic N) is 2. The monoisotopic (exact) mass is 522 g/mol. The van der Waals surface area contributed by atoms with Crippen molar-refractivity contribution in [3.05, 3.63) is 77.4 Å². The summed E-state index contributed by atoms with van der Waals surface area (Å²) >= 11 is 0. The average molecular weight is 523 g/mol. The number of carbonyl (C=O) groups is 1. The zero-order valence-corrected chi connectivity index (χ0v) is 23.6. The molecule has 3 aromatic carbocycles. The highest BCUT2D eigenvalue weighted by molar-refractivity contribution is 7.91. The summed E-state index contributed by atoms with van der Waals surface area (Å²) in [6.45, 7) is 9.02. The Kier molecular flexibility index (Phi) is 9.12. The Balaban J connectivity index is 2.02. The van der Waals surface area contributed by atoms with Gasteiger partial charge in [-0.1, -0.05) is 58.0 Å². The fraction of sp³-hybridized carbons (Fsp3) is 0.345. The predicted octanol–water partition coefficient (Wildman–Crippen LogP) is 6.60. The number of amides is 2. The molecule has 7 nitrogen and oxygen atoms in total. The second kappa shape index (κ2) is 11.9. The molecule has 0 spiro atoms. The molecule has 0 saturated heterocycles. The smallest absolute Gasteiger partial charge is 0.354 e. The van der Waals surface area contributed by atoms with Crippen LogP contribution in [0.15, 0.2) is 69.9 Å². The van der Waals surface area contributed by atoms with Crippen molar-refractivity contribution in [3.8, 4) is 16.9 Å². The maximum atomic E-state index is 13.2. The largest absolute Gasteiger partial charge is 0.496 e. The molecule has 3 N–H and O–H groups in total. The van der Waals surface area contributed by atoms with Crippen LogP contribution in [-0.2, 0) is 16.5 Å². The maximum absolute atomic E-state index is 13.2. The zero-order chi connectivity index (χ0) is 27.3. The highest BCUT2D eigenvalue weighted by Gasteiger charge is 2.20. The van der Waals surface area contributed by atoms with Crippen LogP contribution in [0.2, 0.25) is 0 Å². The SMILES string of the molecule is COc1ccccc1-c1cc(C(C)C)c(NC(=O)N=S(N)(=O)c2ccc(CN(C)C)cc2)c(C(C)C)c1. The van der Waals surface area contributed by atoms with Gasteiger partial charge in [-0.15, -0.1) is 4.36 Å². The van der Waals surface area contributed by atoms with E-state index in [9.17, 15) is 9.00 Å². The van der Waals surface area contributed by atoms with E-state index < -0.39 is 15.9 Å². The van der Waals surface area contributed by atoms with Crippen molar-refractivity contribution in [2.75, 3.05) is 26.5 Å². The molecule has 0 radical (unpaired) electrons. The molecule has 2 amide bonds. The van der Waals surface area contributed by atoms with Gasteiger partial charge < -0.3 is 15.0 Å². The van der Waals surface area contributed by atoms with Crippen molar-refractivity contribution in [2.24, 2.45) is 9.50 Å². The number of urea groups is 1. The summed E-state index contributed by atoms with van der Waals surface area (Å²) in [6.07, 6.45) is 0. The fourth-order valence-corrected chi connectivity index (χ4v) is 5.17. The average Bonchev–Trinajstić information content (AvgIpc) is 2.83. The van der Waals surface area contributed by atoms with Gasteiger partial charge in [0, 0.05) is 17.8 Å². The number of hydrogen-bond donors (Lipinski definition) is 2. The minimum absolute atomic E-state index is 0.105. The molecule has 3 aromatic rings. The lowest BCUT2D eigenvalue weighted by atomic mass is 9.88. The molecule has 0 aliphatic rings. The Bertz CT molecular complexity index is 1340. The van der Waals surface area contributed by atoms with E-state index in [1.54, 1.807) is 19.2 Å². The topological polar surface area (TPSA) is 97.0 Å². The van der Waals surface area contributed by atoms with E-state index in [1.165, 1.54) is 0 Å². The molecule has 198 valence electrons. The third-order valence-electron chi connectivity index (χ3n) is 6.07. The van der Waals surface area contributed by atoms with Crippen LogP contribution in [-0.4, -0.2) is 36.3 Å². The summed E-state index contributed by atoms with van der Waals surface area (Å²) in [4.78, 5) is 15.4. The summed E-state index contributed by atoms with van der Waals surface area (Å²) in [6, 6.07) is 18.3. The summed E-state index contributed by atoms with van der Waals surface area (Å²) < 4.78 is 22.7. The van der Waals surface area contributed by atoms with Gasteiger partial charge in [0.1, 0.15) is 15.7 Å². The van der Waals surface area contributed by atoms with E-state index in [0.29, 0.717) is 10.6 Å². The lowest BCUT2D eigenvalue weighted by Gasteiger charge is -2.22. The Hall–Kier alpha value is -3.20. The van der Waals surface area contributed by atoms with E-state index >= 15 is 0 Å². The van der Waals surface area contributed by atoms with Crippen LogP contribution in [0.1, 0.15) is 56.2 Å². The zero-order valence-electron chi connectivity index (χ0n) is 22.7. The standard InChI is InChI=1S/C29H38N4O3S/c1-19(2)25-16-22(24-10-8-9-11-27(24)36-7)17-26(20(3)4)28(25)31-29(34)32-37(30,35)23-14-12-21(13-15-23)18-33(5)6/h8-17,19-20H,18H2,1-7H3,(H3,30,31,32,34,35). The second-order valence-electron chi connectivity index (χ2n) is 10.0. The first-order valence-corrected chi connectivity index (χ1v) is 13.9. The van der Waals surface area contributed by atoms with E-state index in [1.807, 2.05) is 55.4 Å². The summed E-state index contributed by atoms with van der Waals surface area (Å²) in [5.74, 6) is 0.987. The Morgan fingerprint density at radius 2 is 1.57 bits per heavy atom. The molecule has 0 saturated carbocycles. The molecule has 0 aliphatic heterocycles. The number of nitrogens with two attached hydrogens (primary N) is 1. The highest BCUT2D eigenvalue weighted by atomic mass is 32.2. The molecule has 37 heavy (non-hydrogen) atoms. The van der Waals surface area contributed by atoms with Crippen LogP contribution < -0.4 is 15.2 Å². The second-order valence-corrected chi connectivity index (χ2v) is 11.8. The van der Waals surface area contributed by atoms with Crippen molar-refractivity contribution in [1.29, 1.82) is 0 Å². The van der Waals surface area contributed by atoms with Crippen LogP contribution in [0.25, 0.3) is 11.1 Å². The third kappa shape index (κ3) is 6.97. The van der Waals surface area contributed by atoms with Crippen LogP contribution in [0, 0.1) is 0 Å². The molecule has 1 unspecified atom stereocenters. The molecule has 0 aliphatic carbocycles. The van der Waals surface area contributed by atoms with Crippen LogP contribution >= 0.6 is 0 Å². The molecular weight excluding hydrogens is 484 g/mol. The van der Waals surface area contributed by atoms with Gasteiger partial charge in [0.2, 0.25) is 0 Å².